The second kappa shape index (κ2) is 11.4. The molecule has 2 N–H and O–H groups in total. The molecule has 2 heterocycles. The van der Waals surface area contributed by atoms with Crippen LogP contribution in [-0.2, 0) is 11.3 Å². The van der Waals surface area contributed by atoms with Gasteiger partial charge >= 0.3 is 12.0 Å². The number of carbonyl (C=O) groups is 2. The van der Waals surface area contributed by atoms with Gasteiger partial charge in [0.1, 0.15) is 11.5 Å². The zero-order chi connectivity index (χ0) is 27.4. The number of nitrogens with one attached hydrogen (secondary N) is 2. The minimum absolute atomic E-state index is 0.0556. The number of methoxy groups -OCH3 is 1. The van der Waals surface area contributed by atoms with Crippen molar-refractivity contribution in [2.45, 2.75) is 13.5 Å². The molecule has 0 aliphatic carbocycles. The molecule has 9 nitrogen and oxygen atoms in total. The predicted molar refractivity (Wildman–Crippen MR) is 143 cm³/mol. The van der Waals surface area contributed by atoms with Gasteiger partial charge in [0.2, 0.25) is 0 Å². The molecule has 2 aromatic carbocycles. The van der Waals surface area contributed by atoms with Gasteiger partial charge in [-0.05, 0) is 42.8 Å². The molecule has 0 fully saturated rings. The molecule has 0 aliphatic heterocycles. The maximum Gasteiger partial charge on any atom is 0.337 e. The number of aromatic nitrogens is 3. The molecule has 38 heavy (non-hydrogen) atoms. The fourth-order valence-electron chi connectivity index (χ4n) is 3.62. The fourth-order valence-corrected chi connectivity index (χ4v) is 4.08. The molecule has 12 heteroatoms. The normalized spacial score (nSPS) is 10.7. The third-order valence-corrected chi connectivity index (χ3v) is 6.04. The van der Waals surface area contributed by atoms with Crippen LogP contribution in [0.5, 0.6) is 0 Å². The summed E-state index contributed by atoms with van der Waals surface area (Å²) in [5.41, 5.74) is 1.27. The topological polar surface area (TPSA) is 115 Å². The average Bonchev–Trinajstić information content (AvgIpc) is 2.92. The number of carbonyl (C=O) groups excluding carboxylic acids is 2. The number of amides is 2. The van der Waals surface area contributed by atoms with Crippen molar-refractivity contribution >= 4 is 46.6 Å². The van der Waals surface area contributed by atoms with Crippen LogP contribution in [0.15, 0.2) is 65.7 Å². The van der Waals surface area contributed by atoms with E-state index in [1.165, 1.54) is 48.5 Å². The lowest BCUT2D eigenvalue weighted by molar-refractivity contribution is 0.0600. The monoisotopic (exact) mass is 555 g/mol. The summed E-state index contributed by atoms with van der Waals surface area (Å²) in [5.74, 6) is -1.13. The summed E-state index contributed by atoms with van der Waals surface area (Å²) in [6, 6.07) is 11.3. The molecule has 2 amide bonds. The lowest BCUT2D eigenvalue weighted by atomic mass is 9.99. The molecule has 194 valence electrons. The van der Waals surface area contributed by atoms with Crippen LogP contribution in [0.25, 0.3) is 22.4 Å². The molecule has 0 saturated heterocycles. The van der Waals surface area contributed by atoms with E-state index < -0.39 is 23.4 Å². The van der Waals surface area contributed by atoms with Crippen LogP contribution in [0.2, 0.25) is 10.0 Å². The third-order valence-electron chi connectivity index (χ3n) is 5.47. The summed E-state index contributed by atoms with van der Waals surface area (Å²) >= 11 is 12.1. The van der Waals surface area contributed by atoms with Crippen LogP contribution in [0.3, 0.4) is 0 Å². The fraction of sp³-hybridized carbons (Fsp3) is 0.115. The molecular formula is C26H20Cl2FN5O4. The maximum absolute atomic E-state index is 14.7. The molecular weight excluding hydrogens is 536 g/mol. The number of hydrogen-bond acceptors (Lipinski definition) is 6. The standard InChI is InChI=1S/C26H20Cl2FN5O4/c1-3-34-24(35)22(31-26(37)32-23-18(27)12-30-13-19(23)28)11-21(33-34)15-6-4-5-14(9-15)17-10-16(25(36)38-2)7-8-20(17)29/h4-13H,3H2,1-2H3,(H2,30,31,32,37). The van der Waals surface area contributed by atoms with Crippen LogP contribution >= 0.6 is 23.2 Å². The number of benzene rings is 2. The molecule has 0 atom stereocenters. The van der Waals surface area contributed by atoms with Gasteiger partial charge in [0.05, 0.1) is 34.1 Å². The Morgan fingerprint density at radius 3 is 2.42 bits per heavy atom. The van der Waals surface area contributed by atoms with Crippen LogP contribution in [0.4, 0.5) is 20.6 Å². The van der Waals surface area contributed by atoms with Gasteiger partial charge in [-0.25, -0.2) is 18.7 Å². The van der Waals surface area contributed by atoms with Crippen molar-refractivity contribution in [2.75, 3.05) is 17.7 Å². The van der Waals surface area contributed by atoms with Gasteiger partial charge < -0.3 is 15.4 Å². The number of hydrogen-bond donors (Lipinski definition) is 2. The number of esters is 1. The number of rotatable bonds is 6. The lowest BCUT2D eigenvalue weighted by Crippen LogP contribution is -2.29. The Labute approximate surface area is 226 Å². The molecule has 0 radical (unpaired) electrons. The van der Waals surface area contributed by atoms with E-state index in [0.717, 1.165) is 0 Å². The predicted octanol–water partition coefficient (Wildman–Crippen LogP) is 5.87. The summed E-state index contributed by atoms with van der Waals surface area (Å²) in [6.45, 7) is 1.95. The van der Waals surface area contributed by atoms with Gasteiger partial charge in [0.15, 0.2) is 0 Å². The van der Waals surface area contributed by atoms with Crippen molar-refractivity contribution in [1.82, 2.24) is 14.8 Å². The highest BCUT2D eigenvalue weighted by Crippen LogP contribution is 2.30. The molecule has 4 rings (SSSR count). The summed E-state index contributed by atoms with van der Waals surface area (Å²) in [5, 5.41) is 9.62. The second-order valence-electron chi connectivity index (χ2n) is 7.89. The maximum atomic E-state index is 14.7. The summed E-state index contributed by atoms with van der Waals surface area (Å²) in [7, 11) is 1.24. The zero-order valence-corrected chi connectivity index (χ0v) is 21.6. The minimum Gasteiger partial charge on any atom is -0.465 e. The summed E-state index contributed by atoms with van der Waals surface area (Å²) < 4.78 is 20.6. The first-order chi connectivity index (χ1) is 18.2. The molecule has 0 bridgehead atoms. The van der Waals surface area contributed by atoms with Crippen LogP contribution < -0.4 is 16.2 Å². The smallest absolute Gasteiger partial charge is 0.337 e. The Hall–Kier alpha value is -4.28. The first kappa shape index (κ1) is 26.8. The number of anilines is 2. The molecule has 0 saturated carbocycles. The van der Waals surface area contributed by atoms with Crippen LogP contribution in [0, 0.1) is 5.82 Å². The summed E-state index contributed by atoms with van der Waals surface area (Å²) in [6.07, 6.45) is 2.63. The van der Waals surface area contributed by atoms with E-state index in [0.29, 0.717) is 16.8 Å². The minimum atomic E-state index is -0.757. The van der Waals surface area contributed by atoms with Gasteiger partial charge in [-0.15, -0.1) is 0 Å². The Kier molecular flexibility index (Phi) is 8.04. The van der Waals surface area contributed by atoms with Crippen molar-refractivity contribution in [2.24, 2.45) is 0 Å². The van der Waals surface area contributed by atoms with E-state index in [2.05, 4.69) is 20.7 Å². The largest absolute Gasteiger partial charge is 0.465 e. The Balaban J connectivity index is 1.70. The third kappa shape index (κ3) is 5.66. The van der Waals surface area contributed by atoms with Crippen LogP contribution in [-0.4, -0.2) is 33.9 Å². The molecule has 2 aromatic heterocycles. The first-order valence-corrected chi connectivity index (χ1v) is 11.9. The Morgan fingerprint density at radius 2 is 1.74 bits per heavy atom. The highest BCUT2D eigenvalue weighted by Gasteiger charge is 2.16. The van der Waals surface area contributed by atoms with E-state index >= 15 is 0 Å². The Bertz CT molecular complexity index is 1590. The van der Waals surface area contributed by atoms with Gasteiger partial charge in [0, 0.05) is 30.1 Å². The van der Waals surface area contributed by atoms with E-state index in [-0.39, 0.29) is 39.1 Å². The van der Waals surface area contributed by atoms with Gasteiger partial charge in [-0.2, -0.15) is 5.10 Å². The summed E-state index contributed by atoms with van der Waals surface area (Å²) in [4.78, 5) is 41.3. The van der Waals surface area contributed by atoms with Crippen molar-refractivity contribution in [3.05, 3.63) is 92.7 Å². The van der Waals surface area contributed by atoms with Gasteiger partial charge in [-0.3, -0.25) is 9.78 Å². The van der Waals surface area contributed by atoms with Gasteiger partial charge in [0.25, 0.3) is 5.56 Å². The SMILES string of the molecule is CCn1nc(-c2cccc(-c3cc(C(=O)OC)ccc3F)c2)cc(NC(=O)Nc2c(Cl)cncc2Cl)c1=O. The number of aryl methyl sites for hydroxylation is 1. The van der Waals surface area contributed by atoms with E-state index in [1.54, 1.807) is 31.2 Å². The van der Waals surface area contributed by atoms with E-state index in [1.807, 2.05) is 0 Å². The number of pyridine rings is 1. The quantitative estimate of drug-likeness (QED) is 0.287. The first-order valence-electron chi connectivity index (χ1n) is 11.2. The molecule has 0 aliphatic rings. The van der Waals surface area contributed by atoms with E-state index in [4.69, 9.17) is 27.9 Å². The lowest BCUT2D eigenvalue weighted by Gasteiger charge is -2.13. The van der Waals surface area contributed by atoms with E-state index in [9.17, 15) is 18.8 Å². The number of ether oxygens (including phenoxy) is 1. The van der Waals surface area contributed by atoms with Crippen molar-refractivity contribution < 1.29 is 18.7 Å². The van der Waals surface area contributed by atoms with Crippen LogP contribution in [0.1, 0.15) is 17.3 Å². The molecule has 0 spiro atoms. The zero-order valence-electron chi connectivity index (χ0n) is 20.1. The highest BCUT2D eigenvalue weighted by atomic mass is 35.5. The number of urea groups is 1. The molecule has 4 aromatic rings. The van der Waals surface area contributed by atoms with Crippen molar-refractivity contribution in [3.63, 3.8) is 0 Å². The number of nitrogens with zero attached hydrogens (tertiary/aromatic N) is 3. The Morgan fingerprint density at radius 1 is 1.03 bits per heavy atom. The van der Waals surface area contributed by atoms with Gasteiger partial charge in [-0.1, -0.05) is 41.4 Å². The molecule has 0 unspecified atom stereocenters. The second-order valence-corrected chi connectivity index (χ2v) is 8.70. The number of halogens is 3. The highest BCUT2D eigenvalue weighted by molar-refractivity contribution is 6.39. The van der Waals surface area contributed by atoms with Crippen molar-refractivity contribution in [3.8, 4) is 22.4 Å². The van der Waals surface area contributed by atoms with Crippen molar-refractivity contribution in [1.29, 1.82) is 0 Å². The average molecular weight is 556 g/mol.